The molecule has 1 N–H and O–H groups in total. The molecule has 1 aromatic rings. The minimum atomic E-state index is -0.00962. The first kappa shape index (κ1) is 17.8. The summed E-state index contributed by atoms with van der Waals surface area (Å²) in [5.41, 5.74) is 0. The monoisotopic (exact) mass is 314 g/mol. The van der Waals surface area contributed by atoms with E-state index in [1.54, 1.807) is 19.2 Å². The first-order valence-electron chi connectivity index (χ1n) is 6.94. The van der Waals surface area contributed by atoms with Crippen LogP contribution in [0.4, 0.5) is 0 Å². The van der Waals surface area contributed by atoms with Gasteiger partial charge in [-0.05, 0) is 31.7 Å². The average molecular weight is 315 g/mol. The van der Waals surface area contributed by atoms with Crippen molar-refractivity contribution in [3.63, 3.8) is 0 Å². The molecule has 0 heterocycles. The summed E-state index contributed by atoms with van der Waals surface area (Å²) in [4.78, 5) is 13.7. The fourth-order valence-electron chi connectivity index (χ4n) is 1.78. The van der Waals surface area contributed by atoms with Gasteiger partial charge < -0.3 is 14.8 Å². The van der Waals surface area contributed by atoms with Crippen molar-refractivity contribution < 1.29 is 14.3 Å². The lowest BCUT2D eigenvalue weighted by Gasteiger charge is -2.16. The van der Waals surface area contributed by atoms with Crippen LogP contribution in [0.3, 0.4) is 0 Å². The Morgan fingerprint density at radius 3 is 2.90 bits per heavy atom. The molecule has 0 spiro atoms. The summed E-state index contributed by atoms with van der Waals surface area (Å²) in [5.74, 6) is 0.693. The van der Waals surface area contributed by atoms with Gasteiger partial charge in [-0.25, -0.2) is 0 Å². The Kier molecular flexibility index (Phi) is 8.82. The smallest absolute Gasteiger partial charge is 0.234 e. The number of carbonyl (C=O) groups excluding carboxylic acids is 1. The molecule has 6 heteroatoms. The Morgan fingerprint density at radius 2 is 2.19 bits per heavy atom. The van der Waals surface area contributed by atoms with Crippen molar-refractivity contribution >= 4 is 17.5 Å². The minimum absolute atomic E-state index is 0.00962. The van der Waals surface area contributed by atoms with Crippen molar-refractivity contribution in [3.8, 4) is 5.75 Å². The van der Waals surface area contributed by atoms with Crippen LogP contribution in [0.2, 0.25) is 5.02 Å². The zero-order valence-electron chi connectivity index (χ0n) is 12.6. The predicted molar refractivity (Wildman–Crippen MR) is 83.9 cm³/mol. The van der Waals surface area contributed by atoms with E-state index in [0.717, 1.165) is 13.0 Å². The van der Waals surface area contributed by atoms with Gasteiger partial charge in [-0.1, -0.05) is 17.7 Å². The molecule has 5 nitrogen and oxygen atoms in total. The molecule has 0 aliphatic rings. The minimum Gasteiger partial charge on any atom is -0.492 e. The SMILES string of the molecule is COCCCN(C)CC(=O)NCCOc1cccc(Cl)c1. The maximum atomic E-state index is 11.7. The second-order valence-corrected chi connectivity index (χ2v) is 5.18. The van der Waals surface area contributed by atoms with Crippen molar-refractivity contribution in [1.29, 1.82) is 0 Å². The molecule has 0 fully saturated rings. The molecule has 1 amide bonds. The van der Waals surface area contributed by atoms with Crippen LogP contribution in [0.15, 0.2) is 24.3 Å². The van der Waals surface area contributed by atoms with Gasteiger partial charge in [-0.3, -0.25) is 9.69 Å². The number of likely N-dealkylation sites (N-methyl/N-ethyl adjacent to an activating group) is 1. The zero-order chi connectivity index (χ0) is 15.5. The van der Waals surface area contributed by atoms with Gasteiger partial charge in [-0.2, -0.15) is 0 Å². The van der Waals surface area contributed by atoms with Crippen LogP contribution in [-0.2, 0) is 9.53 Å². The normalized spacial score (nSPS) is 10.7. The molecule has 0 aliphatic carbocycles. The molecule has 0 saturated heterocycles. The lowest BCUT2D eigenvalue weighted by molar-refractivity contribution is -0.122. The van der Waals surface area contributed by atoms with Crippen molar-refractivity contribution in [2.24, 2.45) is 0 Å². The summed E-state index contributed by atoms with van der Waals surface area (Å²) in [6.45, 7) is 2.80. The summed E-state index contributed by atoms with van der Waals surface area (Å²) in [6.07, 6.45) is 0.915. The fraction of sp³-hybridized carbons (Fsp3) is 0.533. The van der Waals surface area contributed by atoms with Gasteiger partial charge in [0, 0.05) is 25.3 Å². The first-order chi connectivity index (χ1) is 10.1. The van der Waals surface area contributed by atoms with Gasteiger partial charge in [0.1, 0.15) is 12.4 Å². The highest BCUT2D eigenvalue weighted by atomic mass is 35.5. The van der Waals surface area contributed by atoms with E-state index < -0.39 is 0 Å². The predicted octanol–water partition coefficient (Wildman–Crippen LogP) is 1.80. The molecule has 21 heavy (non-hydrogen) atoms. The van der Waals surface area contributed by atoms with E-state index in [0.29, 0.717) is 37.1 Å². The molecule has 1 aromatic carbocycles. The quantitative estimate of drug-likeness (QED) is 0.669. The standard InChI is InChI=1S/C15H23ClN2O3/c1-18(8-4-9-20-2)12-15(19)17-7-10-21-14-6-3-5-13(16)11-14/h3,5-6,11H,4,7-10,12H2,1-2H3,(H,17,19). The maximum absolute atomic E-state index is 11.7. The molecular weight excluding hydrogens is 292 g/mol. The van der Waals surface area contributed by atoms with E-state index in [2.05, 4.69) is 5.32 Å². The molecule has 0 radical (unpaired) electrons. The van der Waals surface area contributed by atoms with E-state index in [9.17, 15) is 4.79 Å². The number of rotatable bonds is 10. The third-order valence-electron chi connectivity index (χ3n) is 2.79. The lowest BCUT2D eigenvalue weighted by atomic mass is 10.3. The number of amides is 1. The number of hydrogen-bond donors (Lipinski definition) is 1. The molecule has 118 valence electrons. The van der Waals surface area contributed by atoms with E-state index in [4.69, 9.17) is 21.1 Å². The Bertz CT molecular complexity index is 429. The van der Waals surface area contributed by atoms with Gasteiger partial charge in [0.05, 0.1) is 13.1 Å². The Morgan fingerprint density at radius 1 is 1.38 bits per heavy atom. The highest BCUT2D eigenvalue weighted by molar-refractivity contribution is 6.30. The maximum Gasteiger partial charge on any atom is 0.234 e. The highest BCUT2D eigenvalue weighted by Gasteiger charge is 2.05. The molecular formula is C15H23ClN2O3. The number of nitrogens with one attached hydrogen (secondary N) is 1. The molecule has 0 aromatic heterocycles. The zero-order valence-corrected chi connectivity index (χ0v) is 13.4. The van der Waals surface area contributed by atoms with Crippen LogP contribution in [0.5, 0.6) is 5.75 Å². The van der Waals surface area contributed by atoms with Gasteiger partial charge in [-0.15, -0.1) is 0 Å². The van der Waals surface area contributed by atoms with Gasteiger partial charge in [0.2, 0.25) is 5.91 Å². The molecule has 0 unspecified atom stereocenters. The number of nitrogens with zero attached hydrogens (tertiary/aromatic N) is 1. The fourth-order valence-corrected chi connectivity index (χ4v) is 1.96. The van der Waals surface area contributed by atoms with Crippen LogP contribution >= 0.6 is 11.6 Å². The first-order valence-corrected chi connectivity index (χ1v) is 7.32. The second-order valence-electron chi connectivity index (χ2n) is 4.74. The molecule has 0 saturated carbocycles. The largest absolute Gasteiger partial charge is 0.492 e. The van der Waals surface area contributed by atoms with E-state index in [-0.39, 0.29) is 5.91 Å². The average Bonchev–Trinajstić information content (AvgIpc) is 2.44. The highest BCUT2D eigenvalue weighted by Crippen LogP contribution is 2.16. The number of ether oxygens (including phenoxy) is 2. The third-order valence-corrected chi connectivity index (χ3v) is 3.03. The Balaban J connectivity index is 2.10. The number of halogens is 1. The number of methoxy groups -OCH3 is 1. The van der Waals surface area contributed by atoms with Crippen molar-refractivity contribution in [3.05, 3.63) is 29.3 Å². The van der Waals surface area contributed by atoms with Crippen molar-refractivity contribution in [2.75, 3.05) is 47.0 Å². The van der Waals surface area contributed by atoms with Crippen molar-refractivity contribution in [2.45, 2.75) is 6.42 Å². The second kappa shape index (κ2) is 10.4. The van der Waals surface area contributed by atoms with E-state index >= 15 is 0 Å². The van der Waals surface area contributed by atoms with E-state index in [1.165, 1.54) is 0 Å². The van der Waals surface area contributed by atoms with Gasteiger partial charge in [0.25, 0.3) is 0 Å². The summed E-state index contributed by atoms with van der Waals surface area (Å²) in [5, 5.41) is 3.45. The molecule has 1 rings (SSSR count). The van der Waals surface area contributed by atoms with Crippen LogP contribution in [0, 0.1) is 0 Å². The summed E-state index contributed by atoms with van der Waals surface area (Å²) in [6, 6.07) is 7.19. The van der Waals surface area contributed by atoms with Crippen LogP contribution in [-0.4, -0.2) is 57.8 Å². The van der Waals surface area contributed by atoms with Crippen molar-refractivity contribution in [1.82, 2.24) is 10.2 Å². The number of benzene rings is 1. The van der Waals surface area contributed by atoms with Gasteiger partial charge in [0.15, 0.2) is 0 Å². The Hall–Kier alpha value is -1.30. The topological polar surface area (TPSA) is 50.8 Å². The lowest BCUT2D eigenvalue weighted by Crippen LogP contribution is -2.37. The number of carbonyl (C=O) groups is 1. The van der Waals surface area contributed by atoms with Crippen LogP contribution < -0.4 is 10.1 Å². The number of hydrogen-bond acceptors (Lipinski definition) is 4. The third kappa shape index (κ3) is 8.55. The molecule has 0 atom stereocenters. The summed E-state index contributed by atoms with van der Waals surface area (Å²) in [7, 11) is 3.59. The van der Waals surface area contributed by atoms with Crippen LogP contribution in [0.1, 0.15) is 6.42 Å². The van der Waals surface area contributed by atoms with Gasteiger partial charge >= 0.3 is 0 Å². The summed E-state index contributed by atoms with van der Waals surface area (Å²) >= 11 is 5.85. The molecule has 0 bridgehead atoms. The van der Waals surface area contributed by atoms with E-state index in [1.807, 2.05) is 24.1 Å². The van der Waals surface area contributed by atoms with Crippen LogP contribution in [0.25, 0.3) is 0 Å². The summed E-state index contributed by atoms with van der Waals surface area (Å²) < 4.78 is 10.5. The molecule has 0 aliphatic heterocycles. The Labute approximate surface area is 131 Å².